The van der Waals surface area contributed by atoms with E-state index in [1.165, 1.54) is 5.56 Å². The summed E-state index contributed by atoms with van der Waals surface area (Å²) in [4.78, 5) is 0. The predicted molar refractivity (Wildman–Crippen MR) is 42.1 cm³/mol. The summed E-state index contributed by atoms with van der Waals surface area (Å²) in [5.41, 5.74) is 1.26. The summed E-state index contributed by atoms with van der Waals surface area (Å²) in [5.74, 6) is 0. The van der Waals surface area contributed by atoms with E-state index < -0.39 is 0 Å². The summed E-state index contributed by atoms with van der Waals surface area (Å²) in [5, 5.41) is 5.10. The van der Waals surface area contributed by atoms with E-state index in [1.807, 2.05) is 13.1 Å². The molecular weight excluding hydrogens is 154 g/mol. The summed E-state index contributed by atoms with van der Waals surface area (Å²) < 4.78 is 0.861. The highest BCUT2D eigenvalue weighted by Gasteiger charge is 1.93. The van der Waals surface area contributed by atoms with Gasteiger partial charge in [0.1, 0.15) is 0 Å². The van der Waals surface area contributed by atoms with Gasteiger partial charge in [-0.05, 0) is 24.1 Å². The lowest BCUT2D eigenvalue weighted by Crippen LogP contribution is -2.03. The van der Waals surface area contributed by atoms with E-state index in [0.29, 0.717) is 0 Å². The van der Waals surface area contributed by atoms with E-state index in [4.69, 9.17) is 11.6 Å². The molecule has 0 spiro atoms. The molecule has 0 radical (unpaired) electrons. The Balaban J connectivity index is 2.61. The van der Waals surface area contributed by atoms with Gasteiger partial charge in [0, 0.05) is 6.54 Å². The number of thiophene rings is 1. The van der Waals surface area contributed by atoms with Crippen molar-refractivity contribution in [1.29, 1.82) is 0 Å². The Kier molecular flexibility index (Phi) is 2.51. The van der Waals surface area contributed by atoms with Crippen LogP contribution in [-0.2, 0) is 6.54 Å². The van der Waals surface area contributed by atoms with Gasteiger partial charge in [-0.25, -0.2) is 0 Å². The summed E-state index contributed by atoms with van der Waals surface area (Å²) in [6.45, 7) is 0.906. The lowest BCUT2D eigenvalue weighted by atomic mass is 10.3. The average Bonchev–Trinajstić information content (AvgIpc) is 2.17. The van der Waals surface area contributed by atoms with Crippen LogP contribution in [0.4, 0.5) is 0 Å². The van der Waals surface area contributed by atoms with Gasteiger partial charge in [0.05, 0.1) is 4.34 Å². The Bertz CT molecular complexity index is 185. The fraction of sp³-hybridized carbons (Fsp3) is 0.333. The maximum Gasteiger partial charge on any atom is 0.0931 e. The first-order valence-electron chi connectivity index (χ1n) is 2.70. The Labute approximate surface area is 63.7 Å². The maximum absolute atomic E-state index is 5.69. The van der Waals surface area contributed by atoms with Crippen molar-refractivity contribution in [2.24, 2.45) is 0 Å². The second kappa shape index (κ2) is 3.20. The van der Waals surface area contributed by atoms with Crippen LogP contribution in [0.5, 0.6) is 0 Å². The first kappa shape index (κ1) is 7.06. The molecule has 1 aromatic heterocycles. The van der Waals surface area contributed by atoms with Gasteiger partial charge in [0.2, 0.25) is 0 Å². The van der Waals surface area contributed by atoms with Gasteiger partial charge in [0.25, 0.3) is 0 Å². The van der Waals surface area contributed by atoms with Crippen molar-refractivity contribution in [3.63, 3.8) is 0 Å². The zero-order valence-corrected chi connectivity index (χ0v) is 6.72. The van der Waals surface area contributed by atoms with Crippen LogP contribution >= 0.6 is 22.9 Å². The van der Waals surface area contributed by atoms with Crippen LogP contribution in [0.2, 0.25) is 4.34 Å². The van der Waals surface area contributed by atoms with Crippen molar-refractivity contribution in [2.75, 3.05) is 7.05 Å². The largest absolute Gasteiger partial charge is 0.316 e. The molecule has 0 saturated heterocycles. The van der Waals surface area contributed by atoms with Crippen LogP contribution < -0.4 is 5.32 Å². The molecule has 1 N–H and O–H groups in total. The molecule has 3 heteroatoms. The van der Waals surface area contributed by atoms with Gasteiger partial charge < -0.3 is 5.32 Å². The van der Waals surface area contributed by atoms with Crippen molar-refractivity contribution >= 4 is 22.9 Å². The third-order valence-corrected chi connectivity index (χ3v) is 2.14. The van der Waals surface area contributed by atoms with Crippen LogP contribution in [-0.4, -0.2) is 7.05 Å². The normalized spacial score (nSPS) is 10.0. The monoisotopic (exact) mass is 161 g/mol. The molecule has 1 heterocycles. The fourth-order valence-electron chi connectivity index (χ4n) is 0.643. The smallest absolute Gasteiger partial charge is 0.0931 e. The molecule has 50 valence electrons. The van der Waals surface area contributed by atoms with Crippen LogP contribution in [0.1, 0.15) is 5.56 Å². The van der Waals surface area contributed by atoms with Crippen LogP contribution in [0.15, 0.2) is 11.4 Å². The van der Waals surface area contributed by atoms with Crippen molar-refractivity contribution in [1.82, 2.24) is 5.32 Å². The molecule has 0 atom stereocenters. The summed E-state index contributed by atoms with van der Waals surface area (Å²) >= 11 is 7.26. The molecule has 0 amide bonds. The summed E-state index contributed by atoms with van der Waals surface area (Å²) in [7, 11) is 1.92. The number of hydrogen-bond acceptors (Lipinski definition) is 2. The van der Waals surface area contributed by atoms with E-state index in [1.54, 1.807) is 11.3 Å². The number of rotatable bonds is 2. The standard InChI is InChI=1S/C6H8ClNS/c1-8-3-5-2-6(7)9-4-5/h2,4,8H,3H2,1H3. The van der Waals surface area contributed by atoms with E-state index in [-0.39, 0.29) is 0 Å². The minimum Gasteiger partial charge on any atom is -0.316 e. The Morgan fingerprint density at radius 2 is 2.56 bits per heavy atom. The summed E-state index contributed by atoms with van der Waals surface area (Å²) in [6, 6.07) is 1.97. The lowest BCUT2D eigenvalue weighted by Gasteiger charge is -1.89. The van der Waals surface area contributed by atoms with Crippen molar-refractivity contribution in [3.8, 4) is 0 Å². The highest BCUT2D eigenvalue weighted by atomic mass is 35.5. The molecule has 9 heavy (non-hydrogen) atoms. The second-order valence-corrected chi connectivity index (χ2v) is 3.33. The molecule has 0 aromatic carbocycles. The van der Waals surface area contributed by atoms with Gasteiger partial charge in [0.15, 0.2) is 0 Å². The molecule has 0 aliphatic rings. The average molecular weight is 162 g/mol. The highest BCUT2D eigenvalue weighted by Crippen LogP contribution is 2.19. The van der Waals surface area contributed by atoms with Gasteiger partial charge in [-0.15, -0.1) is 11.3 Å². The topological polar surface area (TPSA) is 12.0 Å². The van der Waals surface area contributed by atoms with Crippen LogP contribution in [0.25, 0.3) is 0 Å². The predicted octanol–water partition coefficient (Wildman–Crippen LogP) is 2.12. The quantitative estimate of drug-likeness (QED) is 0.701. The van der Waals surface area contributed by atoms with Gasteiger partial charge in [-0.1, -0.05) is 11.6 Å². The molecular formula is C6H8ClNS. The molecule has 0 saturated carbocycles. The molecule has 1 aromatic rings. The minimum absolute atomic E-state index is 0.861. The third-order valence-electron chi connectivity index (χ3n) is 1.00. The number of halogens is 1. The number of hydrogen-bond donors (Lipinski definition) is 1. The Morgan fingerprint density at radius 3 is 3.00 bits per heavy atom. The van der Waals surface area contributed by atoms with Gasteiger partial charge >= 0.3 is 0 Å². The van der Waals surface area contributed by atoms with Crippen LogP contribution in [0.3, 0.4) is 0 Å². The summed E-state index contributed by atoms with van der Waals surface area (Å²) in [6.07, 6.45) is 0. The zero-order valence-electron chi connectivity index (χ0n) is 5.15. The van der Waals surface area contributed by atoms with Gasteiger partial charge in [-0.2, -0.15) is 0 Å². The first-order chi connectivity index (χ1) is 4.33. The van der Waals surface area contributed by atoms with Crippen molar-refractivity contribution in [2.45, 2.75) is 6.54 Å². The Morgan fingerprint density at radius 1 is 1.78 bits per heavy atom. The molecule has 0 unspecified atom stereocenters. The van der Waals surface area contributed by atoms with E-state index >= 15 is 0 Å². The van der Waals surface area contributed by atoms with Crippen molar-refractivity contribution < 1.29 is 0 Å². The maximum atomic E-state index is 5.69. The first-order valence-corrected chi connectivity index (χ1v) is 3.96. The lowest BCUT2D eigenvalue weighted by molar-refractivity contribution is 0.821. The van der Waals surface area contributed by atoms with Crippen LogP contribution in [0, 0.1) is 0 Å². The van der Waals surface area contributed by atoms with Crippen molar-refractivity contribution in [3.05, 3.63) is 21.3 Å². The van der Waals surface area contributed by atoms with E-state index in [9.17, 15) is 0 Å². The molecule has 0 aliphatic heterocycles. The fourth-order valence-corrected chi connectivity index (χ4v) is 1.55. The second-order valence-electron chi connectivity index (χ2n) is 1.79. The molecule has 1 nitrogen and oxygen atoms in total. The van der Waals surface area contributed by atoms with Gasteiger partial charge in [-0.3, -0.25) is 0 Å². The highest BCUT2D eigenvalue weighted by molar-refractivity contribution is 7.14. The SMILES string of the molecule is CNCc1csc(Cl)c1. The van der Waals surface area contributed by atoms with E-state index in [2.05, 4.69) is 10.7 Å². The molecule has 0 aliphatic carbocycles. The minimum atomic E-state index is 0.861. The van der Waals surface area contributed by atoms with E-state index in [0.717, 1.165) is 10.9 Å². The Hall–Kier alpha value is -0.0500. The number of nitrogens with one attached hydrogen (secondary N) is 1. The third kappa shape index (κ3) is 1.97. The molecule has 0 fully saturated rings. The molecule has 1 rings (SSSR count). The zero-order chi connectivity index (χ0) is 6.69. The molecule has 0 bridgehead atoms.